The van der Waals surface area contributed by atoms with Crippen LogP contribution in [0, 0.1) is 6.92 Å². The zero-order valence-corrected chi connectivity index (χ0v) is 13.7. The van der Waals surface area contributed by atoms with Gasteiger partial charge in [-0.3, -0.25) is 0 Å². The van der Waals surface area contributed by atoms with Crippen molar-refractivity contribution in [3.63, 3.8) is 0 Å². The van der Waals surface area contributed by atoms with Crippen molar-refractivity contribution in [2.45, 2.75) is 39.2 Å². The molecular weight excluding hydrogens is 290 g/mol. The van der Waals surface area contributed by atoms with Crippen LogP contribution in [-0.2, 0) is 19.4 Å². The van der Waals surface area contributed by atoms with Gasteiger partial charge in [-0.1, -0.05) is 48.1 Å². The first-order chi connectivity index (χ1) is 10.6. The normalized spacial score (nSPS) is 13.7. The van der Waals surface area contributed by atoms with Gasteiger partial charge in [-0.25, -0.2) is 0 Å². The maximum absolute atomic E-state index is 10.7. The van der Waals surface area contributed by atoms with Crippen molar-refractivity contribution in [3.05, 3.63) is 63.7 Å². The Balaban J connectivity index is 2.16. The first kappa shape index (κ1) is 15.2. The first-order valence-corrected chi connectivity index (χ1v) is 8.20. The smallest absolute Gasteiger partial charge is 0.129 e. The molecule has 0 aromatic heterocycles. The zero-order chi connectivity index (χ0) is 15.7. The van der Waals surface area contributed by atoms with E-state index in [1.165, 1.54) is 23.1 Å². The Morgan fingerprint density at radius 3 is 2.55 bits per heavy atom. The number of aryl methyl sites for hydroxylation is 2. The van der Waals surface area contributed by atoms with E-state index in [4.69, 9.17) is 18.0 Å². The molecule has 0 radical (unpaired) electrons. The molecule has 0 atom stereocenters. The van der Waals surface area contributed by atoms with E-state index >= 15 is 0 Å². The highest BCUT2D eigenvalue weighted by molar-refractivity contribution is 7.81. The Bertz CT molecular complexity index is 719. The number of nitrogens with two attached hydrogens (primary N) is 1. The summed E-state index contributed by atoms with van der Waals surface area (Å²) in [5.41, 5.74) is 12.1. The summed E-state index contributed by atoms with van der Waals surface area (Å²) in [4.78, 5) is 0.728. The molecule has 3 rings (SSSR count). The maximum atomic E-state index is 10.7. The molecule has 0 heterocycles. The summed E-state index contributed by atoms with van der Waals surface area (Å²) < 4.78 is 0. The fourth-order valence-corrected chi connectivity index (χ4v) is 3.56. The molecular formula is C19H21NOS. The van der Waals surface area contributed by atoms with Crippen molar-refractivity contribution in [3.8, 4) is 5.75 Å². The van der Waals surface area contributed by atoms with Gasteiger partial charge < -0.3 is 10.8 Å². The number of hydrogen-bond donors (Lipinski definition) is 2. The lowest BCUT2D eigenvalue weighted by Crippen LogP contribution is -2.14. The molecule has 0 fully saturated rings. The van der Waals surface area contributed by atoms with E-state index in [1.807, 2.05) is 12.1 Å². The Kier molecular flexibility index (Phi) is 4.27. The minimum atomic E-state index is 0.272. The summed E-state index contributed by atoms with van der Waals surface area (Å²) in [5.74, 6) is 0.272. The fraction of sp³-hybridized carbons (Fsp3) is 0.316. The van der Waals surface area contributed by atoms with E-state index in [2.05, 4.69) is 25.1 Å². The second-order valence-corrected chi connectivity index (χ2v) is 6.41. The summed E-state index contributed by atoms with van der Waals surface area (Å²) >= 11 is 5.71. The van der Waals surface area contributed by atoms with Crippen LogP contribution in [0.25, 0.3) is 0 Å². The van der Waals surface area contributed by atoms with Gasteiger partial charge >= 0.3 is 0 Å². The topological polar surface area (TPSA) is 46.2 Å². The molecule has 2 aromatic rings. The van der Waals surface area contributed by atoms with E-state index in [-0.39, 0.29) is 5.75 Å². The highest BCUT2D eigenvalue weighted by atomic mass is 32.1. The maximum Gasteiger partial charge on any atom is 0.129 e. The van der Waals surface area contributed by atoms with Gasteiger partial charge in [-0.2, -0.15) is 0 Å². The van der Waals surface area contributed by atoms with Crippen molar-refractivity contribution in [2.75, 3.05) is 0 Å². The van der Waals surface area contributed by atoms with Crippen molar-refractivity contribution in [1.29, 1.82) is 0 Å². The monoisotopic (exact) mass is 311 g/mol. The largest absolute Gasteiger partial charge is 0.507 e. The molecule has 3 heteroatoms. The molecule has 0 bridgehead atoms. The molecule has 0 unspecified atom stereocenters. The summed E-state index contributed by atoms with van der Waals surface area (Å²) in [6.07, 6.45) is 4.37. The quantitative estimate of drug-likeness (QED) is 0.669. The predicted molar refractivity (Wildman–Crippen MR) is 94.6 cm³/mol. The molecule has 0 amide bonds. The molecule has 1 aliphatic rings. The van der Waals surface area contributed by atoms with Gasteiger partial charge in [0.2, 0.25) is 0 Å². The van der Waals surface area contributed by atoms with E-state index in [1.54, 1.807) is 0 Å². The molecule has 1 aliphatic carbocycles. The van der Waals surface area contributed by atoms with Crippen LogP contribution in [0.3, 0.4) is 0 Å². The van der Waals surface area contributed by atoms with E-state index < -0.39 is 0 Å². The van der Waals surface area contributed by atoms with Crippen LogP contribution in [-0.4, -0.2) is 9.97 Å². The Morgan fingerprint density at radius 2 is 1.86 bits per heavy atom. The van der Waals surface area contributed by atoms with E-state index in [0.717, 1.165) is 40.8 Å². The van der Waals surface area contributed by atoms with Gasteiger partial charge in [0.15, 0.2) is 0 Å². The summed E-state index contributed by atoms with van der Waals surface area (Å²) in [6.45, 7) is 2.39. The summed E-state index contributed by atoms with van der Waals surface area (Å²) in [5, 5.41) is 10.7. The molecule has 2 nitrogen and oxygen atoms in total. The predicted octanol–water partition coefficient (Wildman–Crippen LogP) is 3.80. The van der Waals surface area contributed by atoms with Crippen LogP contribution in [0.4, 0.5) is 0 Å². The third-order valence-corrected chi connectivity index (χ3v) is 4.90. The van der Waals surface area contributed by atoms with Gasteiger partial charge in [0.1, 0.15) is 5.75 Å². The molecule has 0 spiro atoms. The zero-order valence-electron chi connectivity index (χ0n) is 12.9. The van der Waals surface area contributed by atoms with Crippen molar-refractivity contribution >= 4 is 17.1 Å². The Labute approximate surface area is 137 Å². The van der Waals surface area contributed by atoms with Crippen LogP contribution in [0.15, 0.2) is 30.3 Å². The number of aromatic hydroxyl groups is 1. The fourth-order valence-electron chi connectivity index (χ4n) is 3.21. The van der Waals surface area contributed by atoms with Crippen molar-refractivity contribution in [2.24, 2.45) is 5.73 Å². The van der Waals surface area contributed by atoms with Gasteiger partial charge in [-0.15, -0.1) is 0 Å². The van der Waals surface area contributed by atoms with Gasteiger partial charge in [0, 0.05) is 17.7 Å². The number of phenolic OH excluding ortho intramolecular Hbond substituents is 1. The van der Waals surface area contributed by atoms with Crippen LogP contribution < -0.4 is 5.73 Å². The third-order valence-electron chi connectivity index (χ3n) is 4.46. The van der Waals surface area contributed by atoms with Gasteiger partial charge in [-0.05, 0) is 49.3 Å². The number of rotatable bonds is 3. The Hall–Kier alpha value is -1.71. The van der Waals surface area contributed by atoms with Gasteiger partial charge in [0.25, 0.3) is 0 Å². The molecule has 22 heavy (non-hydrogen) atoms. The third kappa shape index (κ3) is 2.67. The van der Waals surface area contributed by atoms with Crippen LogP contribution >= 0.6 is 12.2 Å². The lowest BCUT2D eigenvalue weighted by Gasteiger charge is -2.23. The molecule has 114 valence electrons. The average molecular weight is 311 g/mol. The minimum absolute atomic E-state index is 0.272. The SMILES string of the molecule is Cc1ccc(C(=S)c2c(O)c(CN)cc3c2CCCC3)cc1. The van der Waals surface area contributed by atoms with Crippen LogP contribution in [0.5, 0.6) is 5.75 Å². The minimum Gasteiger partial charge on any atom is -0.507 e. The summed E-state index contributed by atoms with van der Waals surface area (Å²) in [6, 6.07) is 10.2. The number of benzene rings is 2. The molecule has 0 aliphatic heterocycles. The van der Waals surface area contributed by atoms with E-state index in [9.17, 15) is 5.11 Å². The first-order valence-electron chi connectivity index (χ1n) is 7.80. The highest BCUT2D eigenvalue weighted by Gasteiger charge is 2.22. The van der Waals surface area contributed by atoms with Gasteiger partial charge in [0.05, 0.1) is 4.86 Å². The van der Waals surface area contributed by atoms with Crippen molar-refractivity contribution in [1.82, 2.24) is 0 Å². The summed E-state index contributed by atoms with van der Waals surface area (Å²) in [7, 11) is 0. The average Bonchev–Trinajstić information content (AvgIpc) is 2.54. The van der Waals surface area contributed by atoms with Crippen molar-refractivity contribution < 1.29 is 5.11 Å². The second-order valence-electron chi connectivity index (χ2n) is 6.00. The number of fused-ring (bicyclic) bond motifs is 1. The molecule has 3 N–H and O–H groups in total. The Morgan fingerprint density at radius 1 is 1.18 bits per heavy atom. The standard InChI is InChI=1S/C19H21NOS/c1-12-6-8-13(9-7-12)19(22)17-16-5-3-2-4-14(16)10-15(11-20)18(17)21/h6-10,21H,2-5,11,20H2,1H3. The molecule has 0 saturated heterocycles. The number of phenols is 1. The molecule has 0 saturated carbocycles. The number of thiocarbonyl (C=S) groups is 1. The number of hydrogen-bond acceptors (Lipinski definition) is 3. The van der Waals surface area contributed by atoms with Crippen LogP contribution in [0.2, 0.25) is 0 Å². The lowest BCUT2D eigenvalue weighted by molar-refractivity contribution is 0.465. The second kappa shape index (κ2) is 6.19. The lowest BCUT2D eigenvalue weighted by atomic mass is 9.84. The molecule has 2 aromatic carbocycles. The van der Waals surface area contributed by atoms with Crippen LogP contribution in [0.1, 0.15) is 46.2 Å². The highest BCUT2D eigenvalue weighted by Crippen LogP contribution is 2.35. The van der Waals surface area contributed by atoms with E-state index in [0.29, 0.717) is 6.54 Å².